The largest absolute Gasteiger partial charge is 0.354 e. The highest BCUT2D eigenvalue weighted by molar-refractivity contribution is 9.10. The molecule has 0 aliphatic carbocycles. The first kappa shape index (κ1) is 19.1. The average Bonchev–Trinajstić information content (AvgIpc) is 3.37. The Morgan fingerprint density at radius 2 is 1.70 bits per heavy atom. The van der Waals surface area contributed by atoms with Crippen molar-refractivity contribution in [3.63, 3.8) is 0 Å². The number of halogens is 1. The lowest BCUT2D eigenvalue weighted by Gasteiger charge is -2.00. The van der Waals surface area contributed by atoms with Crippen molar-refractivity contribution in [2.24, 2.45) is 0 Å². The highest BCUT2D eigenvalue weighted by atomic mass is 79.9. The number of hydrogen-bond acceptors (Lipinski definition) is 2. The summed E-state index contributed by atoms with van der Waals surface area (Å²) < 4.78 is 1.07. The lowest BCUT2D eigenvalue weighted by Crippen LogP contribution is -2.04. The molecule has 2 N–H and O–H groups in total. The number of hydrogen-bond donors (Lipinski definition) is 2. The van der Waals surface area contributed by atoms with Crippen LogP contribution in [0.5, 0.6) is 0 Å². The number of nitrogens with one attached hydrogen (secondary N) is 2. The van der Waals surface area contributed by atoms with E-state index in [1.54, 1.807) is 11.3 Å². The number of rotatable bonds is 3. The molecular weight excluding hydrogens is 452 g/mol. The van der Waals surface area contributed by atoms with Gasteiger partial charge in [0, 0.05) is 54.2 Å². The summed E-state index contributed by atoms with van der Waals surface area (Å²) >= 11 is 5.19. The van der Waals surface area contributed by atoms with Crippen LogP contribution in [0.3, 0.4) is 0 Å². The first-order valence-electron chi connectivity index (χ1n) is 9.75. The van der Waals surface area contributed by atoms with Crippen molar-refractivity contribution in [3.05, 3.63) is 93.3 Å². The van der Waals surface area contributed by atoms with Crippen LogP contribution in [-0.2, 0) is 6.54 Å². The summed E-state index contributed by atoms with van der Waals surface area (Å²) in [4.78, 5) is 4.80. The Labute approximate surface area is 188 Å². The van der Waals surface area contributed by atoms with E-state index >= 15 is 0 Å². The highest BCUT2D eigenvalue weighted by Crippen LogP contribution is 2.33. The topological polar surface area (TPSA) is 27.8 Å². The van der Waals surface area contributed by atoms with E-state index in [2.05, 4.69) is 85.9 Å². The average molecular weight is 471 g/mol. The van der Waals surface area contributed by atoms with E-state index in [1.165, 1.54) is 37.8 Å². The summed E-state index contributed by atoms with van der Waals surface area (Å²) in [6, 6.07) is 23.5. The van der Waals surface area contributed by atoms with Gasteiger partial charge in [-0.2, -0.15) is 0 Å². The van der Waals surface area contributed by atoms with E-state index < -0.39 is 0 Å². The maximum atomic E-state index is 3.57. The molecule has 5 rings (SSSR count). The Morgan fingerprint density at radius 3 is 2.53 bits per heavy atom. The third-order valence-corrected chi connectivity index (χ3v) is 6.63. The molecule has 0 saturated heterocycles. The van der Waals surface area contributed by atoms with Crippen molar-refractivity contribution < 1.29 is 0 Å². The van der Waals surface area contributed by atoms with Crippen LogP contribution < -0.4 is 5.32 Å². The molecular formula is C26H19BrN2S. The van der Waals surface area contributed by atoms with Crippen LogP contribution in [0.4, 0.5) is 0 Å². The zero-order valence-corrected chi connectivity index (χ0v) is 18.8. The van der Waals surface area contributed by atoms with Crippen molar-refractivity contribution in [1.29, 1.82) is 0 Å². The van der Waals surface area contributed by atoms with Crippen LogP contribution in [-0.4, -0.2) is 12.0 Å². The van der Waals surface area contributed by atoms with Crippen molar-refractivity contribution >= 4 is 49.1 Å². The first-order valence-corrected chi connectivity index (χ1v) is 11.4. The third-order valence-electron chi connectivity index (χ3n) is 5.12. The predicted molar refractivity (Wildman–Crippen MR) is 132 cm³/mol. The van der Waals surface area contributed by atoms with Gasteiger partial charge in [0.05, 0.1) is 0 Å². The second-order valence-electron chi connectivity index (χ2n) is 7.25. The van der Waals surface area contributed by atoms with Gasteiger partial charge in [0.2, 0.25) is 0 Å². The fourth-order valence-corrected chi connectivity index (χ4v) is 4.75. The van der Waals surface area contributed by atoms with Crippen molar-refractivity contribution in [1.82, 2.24) is 10.3 Å². The lowest BCUT2D eigenvalue weighted by atomic mass is 10.1. The first-order chi connectivity index (χ1) is 14.7. The molecule has 2 nitrogen and oxygen atoms in total. The van der Waals surface area contributed by atoms with E-state index in [0.717, 1.165) is 22.1 Å². The maximum Gasteiger partial charge on any atom is 0.0471 e. The minimum Gasteiger partial charge on any atom is -0.354 e. The minimum atomic E-state index is 0.875. The van der Waals surface area contributed by atoms with Gasteiger partial charge in [0.15, 0.2) is 0 Å². The molecule has 0 aliphatic heterocycles. The standard InChI is InChI=1S/C26H19BrN2S/c1-28-15-18-6-11-24-23(12-18)22-10-7-20(14-25(22)29-24)26-13-19(16-30-26)3-2-17-4-8-21(27)9-5-17/h4-14,16,28-29H,15H2,1H3. The minimum absolute atomic E-state index is 0.875. The molecule has 3 aromatic carbocycles. The second kappa shape index (κ2) is 8.12. The molecule has 0 fully saturated rings. The van der Waals surface area contributed by atoms with Gasteiger partial charge >= 0.3 is 0 Å². The summed E-state index contributed by atoms with van der Waals surface area (Å²) in [6.07, 6.45) is 0. The smallest absolute Gasteiger partial charge is 0.0471 e. The number of aromatic nitrogens is 1. The highest BCUT2D eigenvalue weighted by Gasteiger charge is 2.08. The molecule has 2 heterocycles. The van der Waals surface area contributed by atoms with E-state index in [-0.39, 0.29) is 0 Å². The zero-order valence-electron chi connectivity index (χ0n) is 16.4. The fraction of sp³-hybridized carbons (Fsp3) is 0.0769. The van der Waals surface area contributed by atoms with Crippen molar-refractivity contribution in [2.45, 2.75) is 6.54 Å². The molecule has 0 bridgehead atoms. The molecule has 2 aromatic heterocycles. The molecule has 0 unspecified atom stereocenters. The third kappa shape index (κ3) is 3.80. The van der Waals surface area contributed by atoms with E-state index in [0.29, 0.717) is 0 Å². The number of fused-ring (bicyclic) bond motifs is 3. The second-order valence-corrected chi connectivity index (χ2v) is 9.08. The summed E-state index contributed by atoms with van der Waals surface area (Å²) in [5.41, 5.74) is 6.91. The Morgan fingerprint density at radius 1 is 0.867 bits per heavy atom. The van der Waals surface area contributed by atoms with Gasteiger partial charge in [-0.25, -0.2) is 0 Å². The van der Waals surface area contributed by atoms with Crippen LogP contribution in [0.2, 0.25) is 0 Å². The van der Waals surface area contributed by atoms with Crippen LogP contribution in [0.1, 0.15) is 16.7 Å². The molecule has 0 radical (unpaired) electrons. The molecule has 146 valence electrons. The summed E-state index contributed by atoms with van der Waals surface area (Å²) in [5.74, 6) is 6.52. The Balaban J connectivity index is 1.46. The van der Waals surface area contributed by atoms with Crippen molar-refractivity contribution in [2.75, 3.05) is 7.05 Å². The summed E-state index contributed by atoms with van der Waals surface area (Å²) in [7, 11) is 1.98. The maximum absolute atomic E-state index is 3.57. The summed E-state index contributed by atoms with van der Waals surface area (Å²) in [5, 5.41) is 7.89. The van der Waals surface area contributed by atoms with Gasteiger partial charge in [0.25, 0.3) is 0 Å². The Bertz CT molecular complexity index is 1410. The number of benzene rings is 3. The molecule has 5 aromatic rings. The Hall–Kier alpha value is -2.84. The number of H-pyrrole nitrogens is 1. The molecule has 0 amide bonds. The molecule has 0 atom stereocenters. The molecule has 4 heteroatoms. The molecule has 0 spiro atoms. The van der Waals surface area contributed by atoms with Gasteiger partial charge in [-0.05, 0) is 66.7 Å². The quantitative estimate of drug-likeness (QED) is 0.275. The number of aromatic amines is 1. The van der Waals surface area contributed by atoms with Gasteiger partial charge in [0.1, 0.15) is 0 Å². The molecule has 0 aliphatic rings. The number of thiophene rings is 1. The van der Waals surface area contributed by atoms with E-state index in [1.807, 2.05) is 31.3 Å². The van der Waals surface area contributed by atoms with E-state index in [4.69, 9.17) is 0 Å². The Kier molecular flexibility index (Phi) is 5.18. The monoisotopic (exact) mass is 470 g/mol. The van der Waals surface area contributed by atoms with Gasteiger partial charge < -0.3 is 10.3 Å². The normalized spacial score (nSPS) is 11.0. The van der Waals surface area contributed by atoms with Crippen LogP contribution in [0.25, 0.3) is 32.2 Å². The predicted octanol–water partition coefficient (Wildman–Crippen LogP) is 6.93. The summed E-state index contributed by atoms with van der Waals surface area (Å²) in [6.45, 7) is 0.875. The van der Waals surface area contributed by atoms with Gasteiger partial charge in [-0.15, -0.1) is 11.3 Å². The lowest BCUT2D eigenvalue weighted by molar-refractivity contribution is 0.819. The van der Waals surface area contributed by atoms with Crippen LogP contribution >= 0.6 is 27.3 Å². The van der Waals surface area contributed by atoms with E-state index in [9.17, 15) is 0 Å². The molecule has 0 saturated carbocycles. The molecule has 30 heavy (non-hydrogen) atoms. The van der Waals surface area contributed by atoms with Gasteiger partial charge in [-0.1, -0.05) is 46.0 Å². The van der Waals surface area contributed by atoms with Gasteiger partial charge in [-0.3, -0.25) is 0 Å². The fourth-order valence-electron chi connectivity index (χ4n) is 3.65. The zero-order chi connectivity index (χ0) is 20.5. The van der Waals surface area contributed by atoms with Crippen molar-refractivity contribution in [3.8, 4) is 22.3 Å². The van der Waals surface area contributed by atoms with Crippen LogP contribution in [0, 0.1) is 11.8 Å². The SMILES string of the molecule is CNCc1ccc2[nH]c3cc(-c4cc(C#Cc5ccc(Br)cc5)cs4)ccc3c2c1. The van der Waals surface area contributed by atoms with Crippen LogP contribution in [0.15, 0.2) is 76.6 Å².